The first kappa shape index (κ1) is 13.5. The van der Waals surface area contributed by atoms with Gasteiger partial charge in [-0.3, -0.25) is 9.59 Å². The van der Waals surface area contributed by atoms with Crippen molar-refractivity contribution in [1.29, 1.82) is 0 Å². The molecule has 2 rings (SSSR count). The van der Waals surface area contributed by atoms with Gasteiger partial charge in [-0.2, -0.15) is 0 Å². The summed E-state index contributed by atoms with van der Waals surface area (Å²) >= 11 is 0. The van der Waals surface area contributed by atoms with Crippen LogP contribution in [0.5, 0.6) is 0 Å². The molecule has 0 spiro atoms. The molecule has 5 heteroatoms. The lowest BCUT2D eigenvalue weighted by Gasteiger charge is -2.15. The highest BCUT2D eigenvalue weighted by molar-refractivity contribution is 5.95. The summed E-state index contributed by atoms with van der Waals surface area (Å²) in [4.78, 5) is 23.1. The summed E-state index contributed by atoms with van der Waals surface area (Å²) < 4.78 is 0. The van der Waals surface area contributed by atoms with E-state index in [1.807, 2.05) is 0 Å². The standard InChI is InChI=1S/C14H17NO4/c16-8-9-3-1-4-10(7-9)15-13(17)11-5-2-6-12(11)14(18)19/h1,3-4,7,11-12,16H,2,5-6,8H2,(H,15,17)(H,18,19). The van der Waals surface area contributed by atoms with E-state index in [9.17, 15) is 9.59 Å². The van der Waals surface area contributed by atoms with Crippen molar-refractivity contribution in [3.8, 4) is 0 Å². The lowest BCUT2D eigenvalue weighted by atomic mass is 9.95. The van der Waals surface area contributed by atoms with Crippen LogP contribution in [0.2, 0.25) is 0 Å². The number of anilines is 1. The summed E-state index contributed by atoms with van der Waals surface area (Å²) in [6.45, 7) is -0.0924. The molecule has 2 unspecified atom stereocenters. The molecule has 1 aliphatic carbocycles. The Kier molecular flexibility index (Phi) is 4.16. The molecule has 0 bridgehead atoms. The third-order valence-corrected chi connectivity index (χ3v) is 3.55. The molecule has 1 aliphatic rings. The summed E-state index contributed by atoms with van der Waals surface area (Å²) in [7, 11) is 0. The van der Waals surface area contributed by atoms with Crippen molar-refractivity contribution in [2.75, 3.05) is 5.32 Å². The Morgan fingerprint density at radius 2 is 2.00 bits per heavy atom. The van der Waals surface area contributed by atoms with E-state index in [0.29, 0.717) is 24.1 Å². The molecule has 3 N–H and O–H groups in total. The predicted molar refractivity (Wildman–Crippen MR) is 69.5 cm³/mol. The third-order valence-electron chi connectivity index (χ3n) is 3.55. The van der Waals surface area contributed by atoms with Gasteiger partial charge in [-0.05, 0) is 30.5 Å². The van der Waals surface area contributed by atoms with Crippen molar-refractivity contribution < 1.29 is 19.8 Å². The van der Waals surface area contributed by atoms with Crippen molar-refractivity contribution in [1.82, 2.24) is 0 Å². The largest absolute Gasteiger partial charge is 0.481 e. The third kappa shape index (κ3) is 3.12. The number of amides is 1. The minimum atomic E-state index is -0.901. The minimum Gasteiger partial charge on any atom is -0.481 e. The monoisotopic (exact) mass is 263 g/mol. The first-order valence-corrected chi connectivity index (χ1v) is 6.35. The molecular weight excluding hydrogens is 246 g/mol. The number of benzene rings is 1. The summed E-state index contributed by atoms with van der Waals surface area (Å²) in [6, 6.07) is 6.90. The number of aliphatic hydroxyl groups is 1. The Balaban J connectivity index is 2.06. The van der Waals surface area contributed by atoms with Crippen LogP contribution in [0.15, 0.2) is 24.3 Å². The van der Waals surface area contributed by atoms with Crippen LogP contribution in [0.25, 0.3) is 0 Å². The lowest BCUT2D eigenvalue weighted by Crippen LogP contribution is -2.30. The van der Waals surface area contributed by atoms with Gasteiger partial charge >= 0.3 is 5.97 Å². The van der Waals surface area contributed by atoms with Crippen LogP contribution in [0.4, 0.5) is 5.69 Å². The number of carbonyl (C=O) groups excluding carboxylic acids is 1. The predicted octanol–water partition coefficient (Wildman–Crippen LogP) is 1.62. The molecule has 0 saturated heterocycles. The van der Waals surface area contributed by atoms with Gasteiger partial charge in [0.25, 0.3) is 0 Å². The molecule has 5 nitrogen and oxygen atoms in total. The van der Waals surface area contributed by atoms with Gasteiger partial charge in [0.15, 0.2) is 0 Å². The molecule has 0 aliphatic heterocycles. The average Bonchev–Trinajstić information content (AvgIpc) is 2.88. The van der Waals surface area contributed by atoms with Crippen molar-refractivity contribution >= 4 is 17.6 Å². The van der Waals surface area contributed by atoms with E-state index < -0.39 is 17.8 Å². The quantitative estimate of drug-likeness (QED) is 0.770. The van der Waals surface area contributed by atoms with E-state index in [1.165, 1.54) is 0 Å². The second kappa shape index (κ2) is 5.84. The lowest BCUT2D eigenvalue weighted by molar-refractivity contribution is -0.145. The summed E-state index contributed by atoms with van der Waals surface area (Å²) in [5.74, 6) is -2.20. The van der Waals surface area contributed by atoms with Gasteiger partial charge in [-0.1, -0.05) is 18.6 Å². The van der Waals surface area contributed by atoms with E-state index in [2.05, 4.69) is 5.32 Å². The number of rotatable bonds is 4. The first-order chi connectivity index (χ1) is 9.11. The van der Waals surface area contributed by atoms with Gasteiger partial charge in [-0.25, -0.2) is 0 Å². The summed E-state index contributed by atoms with van der Waals surface area (Å²) in [6.07, 6.45) is 1.94. The van der Waals surface area contributed by atoms with E-state index in [1.54, 1.807) is 24.3 Å². The highest BCUT2D eigenvalue weighted by Crippen LogP contribution is 2.32. The van der Waals surface area contributed by atoms with Crippen molar-refractivity contribution in [3.63, 3.8) is 0 Å². The maximum absolute atomic E-state index is 12.1. The Hall–Kier alpha value is -1.88. The molecule has 1 saturated carbocycles. The number of hydrogen-bond acceptors (Lipinski definition) is 3. The number of carbonyl (C=O) groups is 2. The summed E-state index contributed by atoms with van der Waals surface area (Å²) in [5, 5.41) is 20.8. The highest BCUT2D eigenvalue weighted by Gasteiger charge is 2.37. The van der Waals surface area contributed by atoms with Crippen LogP contribution in [-0.4, -0.2) is 22.1 Å². The zero-order chi connectivity index (χ0) is 13.8. The van der Waals surface area contributed by atoms with Crippen LogP contribution >= 0.6 is 0 Å². The Morgan fingerprint density at radius 3 is 2.68 bits per heavy atom. The second-order valence-electron chi connectivity index (χ2n) is 4.83. The topological polar surface area (TPSA) is 86.6 Å². The molecule has 102 valence electrons. The number of carboxylic acids is 1. The maximum Gasteiger partial charge on any atom is 0.307 e. The maximum atomic E-state index is 12.1. The van der Waals surface area contributed by atoms with Gasteiger partial charge in [0.1, 0.15) is 0 Å². The first-order valence-electron chi connectivity index (χ1n) is 6.35. The van der Waals surface area contributed by atoms with Crippen molar-refractivity contribution in [2.24, 2.45) is 11.8 Å². The number of carboxylic acid groups (broad SMARTS) is 1. The average molecular weight is 263 g/mol. The van der Waals surface area contributed by atoms with E-state index in [0.717, 1.165) is 6.42 Å². The fourth-order valence-corrected chi connectivity index (χ4v) is 2.55. The van der Waals surface area contributed by atoms with Crippen LogP contribution in [0.1, 0.15) is 24.8 Å². The highest BCUT2D eigenvalue weighted by atomic mass is 16.4. The Morgan fingerprint density at radius 1 is 1.26 bits per heavy atom. The number of hydrogen-bond donors (Lipinski definition) is 3. The van der Waals surface area contributed by atoms with Crippen molar-refractivity contribution in [2.45, 2.75) is 25.9 Å². The van der Waals surface area contributed by atoms with E-state index in [-0.39, 0.29) is 12.5 Å². The van der Waals surface area contributed by atoms with Gasteiger partial charge in [0, 0.05) is 5.69 Å². The fraction of sp³-hybridized carbons (Fsp3) is 0.429. The molecule has 1 fully saturated rings. The molecule has 0 aromatic heterocycles. The Labute approximate surface area is 111 Å². The second-order valence-corrected chi connectivity index (χ2v) is 4.83. The zero-order valence-electron chi connectivity index (χ0n) is 10.5. The van der Waals surface area contributed by atoms with Crippen LogP contribution in [-0.2, 0) is 16.2 Å². The molecule has 1 aromatic rings. The Bertz CT molecular complexity index is 486. The molecule has 0 radical (unpaired) electrons. The smallest absolute Gasteiger partial charge is 0.307 e. The molecule has 2 atom stereocenters. The minimum absolute atomic E-state index is 0.0924. The normalized spacial score (nSPS) is 22.2. The number of aliphatic carboxylic acids is 1. The zero-order valence-corrected chi connectivity index (χ0v) is 10.5. The van der Waals surface area contributed by atoms with Crippen LogP contribution in [0, 0.1) is 11.8 Å². The van der Waals surface area contributed by atoms with E-state index in [4.69, 9.17) is 10.2 Å². The molecular formula is C14H17NO4. The summed E-state index contributed by atoms with van der Waals surface area (Å²) in [5.41, 5.74) is 1.30. The fourth-order valence-electron chi connectivity index (χ4n) is 2.55. The van der Waals surface area contributed by atoms with Gasteiger partial charge < -0.3 is 15.5 Å². The number of nitrogens with one attached hydrogen (secondary N) is 1. The molecule has 1 amide bonds. The SMILES string of the molecule is O=C(O)C1CCCC1C(=O)Nc1cccc(CO)c1. The van der Waals surface area contributed by atoms with Gasteiger partial charge in [0.05, 0.1) is 18.4 Å². The van der Waals surface area contributed by atoms with Crippen molar-refractivity contribution in [3.05, 3.63) is 29.8 Å². The number of aliphatic hydroxyl groups excluding tert-OH is 1. The van der Waals surface area contributed by atoms with Crippen LogP contribution in [0.3, 0.4) is 0 Å². The van der Waals surface area contributed by atoms with Gasteiger partial charge in [0.2, 0.25) is 5.91 Å². The van der Waals surface area contributed by atoms with Crippen LogP contribution < -0.4 is 5.32 Å². The molecule has 19 heavy (non-hydrogen) atoms. The van der Waals surface area contributed by atoms with Gasteiger partial charge in [-0.15, -0.1) is 0 Å². The van der Waals surface area contributed by atoms with E-state index >= 15 is 0 Å². The molecule has 1 aromatic carbocycles. The molecule has 0 heterocycles.